The molecule has 0 aliphatic carbocycles. The van der Waals surface area contributed by atoms with Crippen LogP contribution in [-0.2, 0) is 18.8 Å². The zero-order chi connectivity index (χ0) is 18.8. The van der Waals surface area contributed by atoms with E-state index in [0.29, 0.717) is 11.5 Å². The van der Waals surface area contributed by atoms with Crippen LogP contribution < -0.4 is 0 Å². The van der Waals surface area contributed by atoms with Gasteiger partial charge in [-0.1, -0.05) is 11.8 Å². The van der Waals surface area contributed by atoms with Crippen LogP contribution in [0, 0.1) is 0 Å². The summed E-state index contributed by atoms with van der Waals surface area (Å²) in [6.45, 7) is 9.36. The molecule has 1 aliphatic heterocycles. The molecule has 0 bridgehead atoms. The van der Waals surface area contributed by atoms with Gasteiger partial charge in [0.15, 0.2) is 5.12 Å². The summed E-state index contributed by atoms with van der Waals surface area (Å²) < 4.78 is 22.2. The normalized spacial score (nSPS) is 19.1. The Labute approximate surface area is 152 Å². The van der Waals surface area contributed by atoms with Crippen LogP contribution in [0.1, 0.15) is 50.9 Å². The number of carbonyl (C=O) groups is 2. The van der Waals surface area contributed by atoms with Gasteiger partial charge in [-0.15, -0.1) is 0 Å². The Morgan fingerprint density at radius 1 is 1.20 bits per heavy atom. The van der Waals surface area contributed by atoms with E-state index in [1.54, 1.807) is 12.1 Å². The predicted octanol–water partition coefficient (Wildman–Crippen LogP) is 3.36. The first-order valence-electron chi connectivity index (χ1n) is 7.93. The number of furan rings is 1. The van der Waals surface area contributed by atoms with Gasteiger partial charge in [-0.05, 0) is 51.4 Å². The Balaban J connectivity index is 2.28. The zero-order valence-electron chi connectivity index (χ0n) is 15.4. The third-order valence-corrected chi connectivity index (χ3v) is 5.22. The van der Waals surface area contributed by atoms with E-state index in [2.05, 4.69) is 4.74 Å². The average molecular weight is 366 g/mol. The maximum Gasteiger partial charge on any atom is 0.491 e. The molecule has 6 nitrogen and oxygen atoms in total. The van der Waals surface area contributed by atoms with Gasteiger partial charge in [-0.25, -0.2) is 4.79 Å². The van der Waals surface area contributed by atoms with Gasteiger partial charge in [0.25, 0.3) is 0 Å². The Morgan fingerprint density at radius 3 is 2.32 bits per heavy atom. The molecule has 0 aromatic carbocycles. The summed E-state index contributed by atoms with van der Waals surface area (Å²) in [6, 6.07) is 3.20. The average Bonchev–Trinajstić information content (AvgIpc) is 3.05. The molecule has 1 aromatic rings. The van der Waals surface area contributed by atoms with Crippen LogP contribution in [0.2, 0.25) is 0 Å². The minimum atomic E-state index is -0.594. The SMILES string of the molecule is COC(=O)c1ccc(C=C(CSC(C)=O)B2OC(C)(C)C(C)(C)O2)o1. The maximum atomic E-state index is 11.5. The largest absolute Gasteiger partial charge is 0.491 e. The van der Waals surface area contributed by atoms with Gasteiger partial charge in [-0.3, -0.25) is 4.79 Å². The Kier molecular flexibility index (Phi) is 5.86. The first kappa shape index (κ1) is 19.8. The molecule has 1 aromatic heterocycles. The lowest BCUT2D eigenvalue weighted by Gasteiger charge is -2.32. The second kappa shape index (κ2) is 7.39. The van der Waals surface area contributed by atoms with Crippen molar-refractivity contribution in [2.24, 2.45) is 0 Å². The molecular weight excluding hydrogens is 343 g/mol. The third kappa shape index (κ3) is 4.57. The lowest BCUT2D eigenvalue weighted by molar-refractivity contribution is -0.109. The van der Waals surface area contributed by atoms with E-state index >= 15 is 0 Å². The van der Waals surface area contributed by atoms with Crippen LogP contribution in [-0.4, -0.2) is 42.3 Å². The molecule has 0 unspecified atom stereocenters. The lowest BCUT2D eigenvalue weighted by Crippen LogP contribution is -2.41. The molecule has 0 saturated carbocycles. The smallest absolute Gasteiger partial charge is 0.463 e. The molecule has 1 fully saturated rings. The van der Waals surface area contributed by atoms with Crippen LogP contribution in [0.5, 0.6) is 0 Å². The molecule has 136 valence electrons. The zero-order valence-corrected chi connectivity index (χ0v) is 16.2. The van der Waals surface area contributed by atoms with Crippen LogP contribution >= 0.6 is 11.8 Å². The third-order valence-electron chi connectivity index (χ3n) is 4.34. The fourth-order valence-corrected chi connectivity index (χ4v) is 2.77. The molecule has 2 heterocycles. The minimum Gasteiger partial charge on any atom is -0.463 e. The van der Waals surface area contributed by atoms with E-state index in [0.717, 1.165) is 17.2 Å². The quantitative estimate of drug-likeness (QED) is 0.584. The molecule has 0 radical (unpaired) electrons. The van der Waals surface area contributed by atoms with Gasteiger partial charge in [0, 0.05) is 12.7 Å². The van der Waals surface area contributed by atoms with Crippen molar-refractivity contribution in [2.45, 2.75) is 45.8 Å². The van der Waals surface area contributed by atoms with Crippen molar-refractivity contribution < 1.29 is 28.1 Å². The van der Waals surface area contributed by atoms with Crippen molar-refractivity contribution in [3.05, 3.63) is 29.1 Å². The summed E-state index contributed by atoms with van der Waals surface area (Å²) >= 11 is 1.16. The summed E-state index contributed by atoms with van der Waals surface area (Å²) in [5.41, 5.74) is -0.222. The summed E-state index contributed by atoms with van der Waals surface area (Å²) in [5.74, 6) is 0.436. The summed E-state index contributed by atoms with van der Waals surface area (Å²) in [6.07, 6.45) is 1.74. The first-order valence-corrected chi connectivity index (χ1v) is 8.92. The number of thioether (sulfide) groups is 1. The highest BCUT2D eigenvalue weighted by molar-refractivity contribution is 8.13. The number of rotatable bonds is 5. The fraction of sp³-hybridized carbons (Fsp3) is 0.529. The highest BCUT2D eigenvalue weighted by atomic mass is 32.2. The standard InChI is InChI=1S/C17H23BO6S/c1-11(19)25-10-12(18-23-16(2,3)17(4,5)24-18)9-13-7-8-14(22-13)15(20)21-6/h7-9H,10H2,1-6H3. The van der Waals surface area contributed by atoms with Crippen molar-refractivity contribution in [1.29, 1.82) is 0 Å². The predicted molar refractivity (Wildman–Crippen MR) is 97.2 cm³/mol. The van der Waals surface area contributed by atoms with Gasteiger partial charge >= 0.3 is 13.1 Å². The van der Waals surface area contributed by atoms with Crippen molar-refractivity contribution in [2.75, 3.05) is 12.9 Å². The van der Waals surface area contributed by atoms with Crippen molar-refractivity contribution in [1.82, 2.24) is 0 Å². The minimum absolute atomic E-state index is 0.00267. The summed E-state index contributed by atoms with van der Waals surface area (Å²) in [7, 11) is 0.697. The molecule has 25 heavy (non-hydrogen) atoms. The van der Waals surface area contributed by atoms with Gasteiger partial charge in [-0.2, -0.15) is 0 Å². The Morgan fingerprint density at radius 2 is 1.80 bits per heavy atom. The van der Waals surface area contributed by atoms with E-state index < -0.39 is 24.3 Å². The van der Waals surface area contributed by atoms with Gasteiger partial charge in [0.05, 0.1) is 18.3 Å². The van der Waals surface area contributed by atoms with Gasteiger partial charge < -0.3 is 18.5 Å². The van der Waals surface area contributed by atoms with Crippen LogP contribution in [0.25, 0.3) is 6.08 Å². The molecule has 1 aliphatic rings. The number of ether oxygens (including phenoxy) is 1. The molecule has 0 spiro atoms. The number of esters is 1. The maximum absolute atomic E-state index is 11.5. The summed E-state index contributed by atoms with van der Waals surface area (Å²) in [5, 5.41) is -0.00267. The number of hydrogen-bond acceptors (Lipinski definition) is 7. The fourth-order valence-electron chi connectivity index (χ4n) is 2.18. The van der Waals surface area contributed by atoms with E-state index in [-0.39, 0.29) is 10.9 Å². The van der Waals surface area contributed by atoms with Gasteiger partial charge in [0.2, 0.25) is 5.76 Å². The monoisotopic (exact) mass is 366 g/mol. The van der Waals surface area contributed by atoms with Crippen molar-refractivity contribution in [3.63, 3.8) is 0 Å². The van der Waals surface area contributed by atoms with E-state index in [1.807, 2.05) is 27.7 Å². The number of carbonyl (C=O) groups excluding carboxylic acids is 2. The Hall–Kier alpha value is -1.51. The van der Waals surface area contributed by atoms with Crippen LogP contribution in [0.4, 0.5) is 0 Å². The highest BCUT2D eigenvalue weighted by Crippen LogP contribution is 2.39. The molecule has 0 amide bonds. The number of hydrogen-bond donors (Lipinski definition) is 0. The molecule has 2 rings (SSSR count). The van der Waals surface area contributed by atoms with E-state index in [1.165, 1.54) is 20.1 Å². The van der Waals surface area contributed by atoms with Crippen LogP contribution in [0.15, 0.2) is 22.0 Å². The lowest BCUT2D eigenvalue weighted by atomic mass is 9.79. The molecule has 8 heteroatoms. The molecule has 0 N–H and O–H groups in total. The molecular formula is C17H23BO6S. The van der Waals surface area contributed by atoms with Crippen molar-refractivity contribution >= 4 is 36.0 Å². The van der Waals surface area contributed by atoms with Crippen molar-refractivity contribution in [3.8, 4) is 0 Å². The summed E-state index contributed by atoms with van der Waals surface area (Å²) in [4.78, 5) is 22.9. The number of methoxy groups -OCH3 is 1. The first-order chi connectivity index (χ1) is 11.6. The van der Waals surface area contributed by atoms with E-state index in [4.69, 9.17) is 13.7 Å². The highest BCUT2D eigenvalue weighted by Gasteiger charge is 2.52. The second-order valence-electron chi connectivity index (χ2n) is 6.78. The molecule has 1 saturated heterocycles. The Bertz CT molecular complexity index is 675. The second-order valence-corrected chi connectivity index (χ2v) is 7.93. The molecule has 0 atom stereocenters. The van der Waals surface area contributed by atoms with Gasteiger partial charge in [0.1, 0.15) is 5.76 Å². The van der Waals surface area contributed by atoms with Crippen LogP contribution in [0.3, 0.4) is 0 Å². The van der Waals surface area contributed by atoms with E-state index in [9.17, 15) is 9.59 Å². The topological polar surface area (TPSA) is 75.0 Å².